The molecule has 0 aliphatic heterocycles. The van der Waals surface area contributed by atoms with Gasteiger partial charge in [-0.05, 0) is 58.8 Å². The van der Waals surface area contributed by atoms with E-state index in [9.17, 15) is 0 Å². The van der Waals surface area contributed by atoms with E-state index >= 15 is 0 Å². The second-order valence-corrected chi connectivity index (χ2v) is 6.42. The molecule has 1 aromatic rings. The summed E-state index contributed by atoms with van der Waals surface area (Å²) < 4.78 is 1.17. The van der Waals surface area contributed by atoms with Gasteiger partial charge in [0, 0.05) is 16.2 Å². The molecule has 1 nitrogen and oxygen atoms in total. The monoisotopic (exact) mass is 281 g/mol. The molecule has 16 heavy (non-hydrogen) atoms. The van der Waals surface area contributed by atoms with Crippen LogP contribution in [0.5, 0.6) is 0 Å². The van der Waals surface area contributed by atoms with E-state index in [0.717, 1.165) is 0 Å². The van der Waals surface area contributed by atoms with Gasteiger partial charge in [-0.3, -0.25) is 0 Å². The molecule has 0 saturated heterocycles. The lowest BCUT2D eigenvalue weighted by Crippen LogP contribution is -2.30. The smallest absolute Gasteiger partial charge is 0.0489 e. The molecule has 0 spiro atoms. The summed E-state index contributed by atoms with van der Waals surface area (Å²) in [6, 6.07) is 7.08. The predicted molar refractivity (Wildman–Crippen MR) is 73.9 cm³/mol. The Labute approximate surface area is 107 Å². The molecule has 0 aromatic heterocycles. The Morgan fingerprint density at radius 1 is 1.38 bits per heavy atom. The minimum absolute atomic E-state index is 0.420. The molecular formula is C14H20BrN. The summed E-state index contributed by atoms with van der Waals surface area (Å²) >= 11 is 3.61. The van der Waals surface area contributed by atoms with E-state index in [1.165, 1.54) is 35.0 Å². The van der Waals surface area contributed by atoms with Crippen molar-refractivity contribution < 1.29 is 0 Å². The topological polar surface area (TPSA) is 12.0 Å². The lowest BCUT2D eigenvalue weighted by Gasteiger charge is -2.29. The molecule has 2 heteroatoms. The molecule has 1 unspecified atom stereocenters. The van der Waals surface area contributed by atoms with Crippen LogP contribution in [-0.4, -0.2) is 6.04 Å². The maximum atomic E-state index is 3.69. The van der Waals surface area contributed by atoms with Crippen LogP contribution in [0, 0.1) is 12.3 Å². The molecule has 0 amide bonds. The molecule has 1 fully saturated rings. The predicted octanol–water partition coefficient (Wildman–Crippen LogP) is 4.75. The van der Waals surface area contributed by atoms with Gasteiger partial charge in [0.05, 0.1) is 0 Å². The van der Waals surface area contributed by atoms with Crippen LogP contribution in [0.1, 0.15) is 38.7 Å². The first-order valence-electron chi connectivity index (χ1n) is 6.02. The van der Waals surface area contributed by atoms with Crippen LogP contribution in [0.4, 0.5) is 5.69 Å². The summed E-state index contributed by atoms with van der Waals surface area (Å²) in [5, 5.41) is 3.69. The first-order valence-corrected chi connectivity index (χ1v) is 6.81. The third-order valence-corrected chi connectivity index (χ3v) is 4.40. The fraction of sp³-hybridized carbons (Fsp3) is 0.571. The SMILES string of the molecule is Cc1ccc(Br)c(NC2CCCC2(C)C)c1. The average Bonchev–Trinajstić information content (AvgIpc) is 2.52. The largest absolute Gasteiger partial charge is 0.381 e. The van der Waals surface area contributed by atoms with E-state index in [0.29, 0.717) is 11.5 Å². The zero-order valence-electron chi connectivity index (χ0n) is 10.3. The van der Waals surface area contributed by atoms with E-state index in [4.69, 9.17) is 0 Å². The van der Waals surface area contributed by atoms with Crippen molar-refractivity contribution in [2.45, 2.75) is 46.1 Å². The summed E-state index contributed by atoms with van der Waals surface area (Å²) in [4.78, 5) is 0. The summed E-state index contributed by atoms with van der Waals surface area (Å²) in [5.41, 5.74) is 2.96. The first-order chi connectivity index (χ1) is 7.49. The Bertz CT molecular complexity index is 384. The van der Waals surface area contributed by atoms with Gasteiger partial charge in [0.2, 0.25) is 0 Å². The molecule has 1 aromatic carbocycles. The van der Waals surface area contributed by atoms with E-state index in [-0.39, 0.29) is 0 Å². The van der Waals surface area contributed by atoms with Crippen molar-refractivity contribution in [3.05, 3.63) is 28.2 Å². The highest BCUT2D eigenvalue weighted by Gasteiger charge is 2.34. The number of benzene rings is 1. The quantitative estimate of drug-likeness (QED) is 0.825. The molecule has 0 radical (unpaired) electrons. The Hall–Kier alpha value is -0.500. The zero-order chi connectivity index (χ0) is 11.8. The average molecular weight is 282 g/mol. The molecular weight excluding hydrogens is 262 g/mol. The van der Waals surface area contributed by atoms with Crippen molar-refractivity contribution in [2.75, 3.05) is 5.32 Å². The van der Waals surface area contributed by atoms with Crippen LogP contribution in [0.25, 0.3) is 0 Å². The van der Waals surface area contributed by atoms with Crippen LogP contribution in [0.2, 0.25) is 0 Å². The summed E-state index contributed by atoms with van der Waals surface area (Å²) in [6.07, 6.45) is 3.95. The third kappa shape index (κ3) is 2.42. The molecule has 2 rings (SSSR count). The van der Waals surface area contributed by atoms with Gasteiger partial charge >= 0.3 is 0 Å². The highest BCUT2D eigenvalue weighted by molar-refractivity contribution is 9.10. The van der Waals surface area contributed by atoms with Crippen molar-refractivity contribution >= 4 is 21.6 Å². The highest BCUT2D eigenvalue weighted by atomic mass is 79.9. The number of rotatable bonds is 2. The minimum atomic E-state index is 0.420. The van der Waals surface area contributed by atoms with Crippen molar-refractivity contribution in [2.24, 2.45) is 5.41 Å². The van der Waals surface area contributed by atoms with E-state index in [1.54, 1.807) is 0 Å². The Kier molecular flexibility index (Phi) is 3.29. The minimum Gasteiger partial charge on any atom is -0.381 e. The molecule has 1 aliphatic rings. The van der Waals surface area contributed by atoms with Gasteiger partial charge in [-0.1, -0.05) is 26.3 Å². The van der Waals surface area contributed by atoms with Gasteiger partial charge < -0.3 is 5.32 Å². The van der Waals surface area contributed by atoms with Gasteiger partial charge in [-0.25, -0.2) is 0 Å². The summed E-state index contributed by atoms with van der Waals surface area (Å²) in [7, 11) is 0. The van der Waals surface area contributed by atoms with Gasteiger partial charge in [0.1, 0.15) is 0 Å². The summed E-state index contributed by atoms with van der Waals surface area (Å²) in [6.45, 7) is 6.86. The molecule has 0 bridgehead atoms. The Morgan fingerprint density at radius 3 is 2.75 bits per heavy atom. The molecule has 1 atom stereocenters. The van der Waals surface area contributed by atoms with E-state index in [2.05, 4.69) is 60.2 Å². The maximum Gasteiger partial charge on any atom is 0.0489 e. The second kappa shape index (κ2) is 4.40. The van der Waals surface area contributed by atoms with Gasteiger partial charge in [-0.15, -0.1) is 0 Å². The number of halogens is 1. The van der Waals surface area contributed by atoms with Crippen LogP contribution in [0.15, 0.2) is 22.7 Å². The third-order valence-electron chi connectivity index (χ3n) is 3.71. The van der Waals surface area contributed by atoms with Crippen molar-refractivity contribution in [1.82, 2.24) is 0 Å². The van der Waals surface area contributed by atoms with Crippen molar-refractivity contribution in [1.29, 1.82) is 0 Å². The van der Waals surface area contributed by atoms with Crippen LogP contribution < -0.4 is 5.32 Å². The van der Waals surface area contributed by atoms with Crippen LogP contribution >= 0.6 is 15.9 Å². The lowest BCUT2D eigenvalue weighted by molar-refractivity contribution is 0.350. The van der Waals surface area contributed by atoms with E-state index < -0.39 is 0 Å². The normalized spacial score (nSPS) is 23.4. The standard InChI is InChI=1S/C14H20BrN/c1-10-6-7-11(15)12(9-10)16-13-5-4-8-14(13,2)3/h6-7,9,13,16H,4-5,8H2,1-3H3. The lowest BCUT2D eigenvalue weighted by atomic mass is 9.87. The van der Waals surface area contributed by atoms with E-state index in [1.807, 2.05) is 0 Å². The van der Waals surface area contributed by atoms with Crippen LogP contribution in [0.3, 0.4) is 0 Å². The second-order valence-electron chi connectivity index (χ2n) is 5.56. The zero-order valence-corrected chi connectivity index (χ0v) is 11.9. The summed E-state index contributed by atoms with van der Waals surface area (Å²) in [5.74, 6) is 0. The van der Waals surface area contributed by atoms with Gasteiger partial charge in [-0.2, -0.15) is 0 Å². The number of aryl methyl sites for hydroxylation is 1. The number of anilines is 1. The Balaban J connectivity index is 2.17. The fourth-order valence-corrected chi connectivity index (χ4v) is 2.89. The van der Waals surface area contributed by atoms with Crippen molar-refractivity contribution in [3.63, 3.8) is 0 Å². The Morgan fingerprint density at radius 2 is 2.12 bits per heavy atom. The molecule has 0 heterocycles. The van der Waals surface area contributed by atoms with Crippen LogP contribution in [-0.2, 0) is 0 Å². The number of hydrogen-bond acceptors (Lipinski definition) is 1. The maximum absolute atomic E-state index is 3.69. The van der Waals surface area contributed by atoms with Crippen molar-refractivity contribution in [3.8, 4) is 0 Å². The first kappa shape index (κ1) is 12.0. The van der Waals surface area contributed by atoms with Gasteiger partial charge in [0.25, 0.3) is 0 Å². The number of nitrogens with one attached hydrogen (secondary N) is 1. The molecule has 1 saturated carbocycles. The fourth-order valence-electron chi connectivity index (χ4n) is 2.53. The molecule has 1 N–H and O–H groups in total. The molecule has 1 aliphatic carbocycles. The number of hydrogen-bond donors (Lipinski definition) is 1. The molecule has 88 valence electrons. The van der Waals surface area contributed by atoms with Gasteiger partial charge in [0.15, 0.2) is 0 Å². The highest BCUT2D eigenvalue weighted by Crippen LogP contribution is 2.40.